The Labute approximate surface area is 121 Å². The zero-order valence-electron chi connectivity index (χ0n) is 12.4. The predicted octanol–water partition coefficient (Wildman–Crippen LogP) is 3.80. The van der Waals surface area contributed by atoms with E-state index in [1.165, 1.54) is 22.6 Å². The summed E-state index contributed by atoms with van der Waals surface area (Å²) in [6.45, 7) is 5.42. The molecular formula is C17H23N3. The van der Waals surface area contributed by atoms with Crippen molar-refractivity contribution >= 4 is 5.82 Å². The molecule has 1 aromatic heterocycles. The van der Waals surface area contributed by atoms with Crippen LogP contribution in [0.15, 0.2) is 30.3 Å². The number of hydrogen-bond donors (Lipinski definition) is 1. The molecule has 3 rings (SSSR count). The molecular weight excluding hydrogens is 246 g/mol. The van der Waals surface area contributed by atoms with Gasteiger partial charge < -0.3 is 5.32 Å². The van der Waals surface area contributed by atoms with Crippen molar-refractivity contribution in [2.24, 2.45) is 0 Å². The number of hydrogen-bond acceptors (Lipinski definition) is 2. The van der Waals surface area contributed by atoms with Gasteiger partial charge in [0.2, 0.25) is 0 Å². The van der Waals surface area contributed by atoms with Crippen LogP contribution in [-0.2, 0) is 12.8 Å². The summed E-state index contributed by atoms with van der Waals surface area (Å²) >= 11 is 0. The van der Waals surface area contributed by atoms with Gasteiger partial charge in [0, 0.05) is 12.6 Å². The molecule has 1 aromatic carbocycles. The van der Waals surface area contributed by atoms with Crippen molar-refractivity contribution in [1.29, 1.82) is 0 Å². The van der Waals surface area contributed by atoms with E-state index in [0.29, 0.717) is 6.04 Å². The molecule has 20 heavy (non-hydrogen) atoms. The molecule has 0 aliphatic carbocycles. The molecule has 3 nitrogen and oxygen atoms in total. The van der Waals surface area contributed by atoms with E-state index in [2.05, 4.69) is 54.2 Å². The van der Waals surface area contributed by atoms with Crippen molar-refractivity contribution in [2.75, 3.05) is 11.9 Å². The largest absolute Gasteiger partial charge is 0.370 e. The summed E-state index contributed by atoms with van der Waals surface area (Å²) in [5, 5.41) is 8.26. The minimum absolute atomic E-state index is 0.378. The number of nitrogens with zero attached hydrogens (tertiary/aromatic N) is 2. The number of benzene rings is 1. The molecule has 0 saturated heterocycles. The highest BCUT2D eigenvalue weighted by Crippen LogP contribution is 2.30. The van der Waals surface area contributed by atoms with E-state index in [4.69, 9.17) is 5.10 Å². The van der Waals surface area contributed by atoms with Crippen LogP contribution in [0.3, 0.4) is 0 Å². The minimum Gasteiger partial charge on any atom is -0.370 e. The Morgan fingerprint density at radius 1 is 1.25 bits per heavy atom. The highest BCUT2D eigenvalue weighted by molar-refractivity contribution is 5.41. The Hall–Kier alpha value is -1.77. The lowest BCUT2D eigenvalue weighted by Gasteiger charge is -2.26. The summed E-state index contributed by atoms with van der Waals surface area (Å²) in [6, 6.07) is 11.6. The molecule has 1 unspecified atom stereocenters. The molecule has 106 valence electrons. The summed E-state index contributed by atoms with van der Waals surface area (Å²) in [5.74, 6) is 1.17. The number of aryl methyl sites for hydroxylation is 2. The van der Waals surface area contributed by atoms with E-state index >= 15 is 0 Å². The summed E-state index contributed by atoms with van der Waals surface area (Å²) in [4.78, 5) is 0. The van der Waals surface area contributed by atoms with Gasteiger partial charge in [0.15, 0.2) is 0 Å². The molecule has 1 aliphatic heterocycles. The second-order valence-electron chi connectivity index (χ2n) is 5.54. The molecule has 2 aromatic rings. The van der Waals surface area contributed by atoms with Gasteiger partial charge in [0.25, 0.3) is 0 Å². The standard InChI is InChI=1S/C17H23N3/c1-3-5-15-12-17-18-11-10-16(20(17)19-15)14-8-6-13(4-2)7-9-14/h6-9,12,16,18H,3-5,10-11H2,1-2H3. The fourth-order valence-corrected chi connectivity index (χ4v) is 2.94. The normalized spacial score (nSPS) is 17.6. The van der Waals surface area contributed by atoms with Gasteiger partial charge in [0.1, 0.15) is 5.82 Å². The highest BCUT2D eigenvalue weighted by atomic mass is 15.4. The molecule has 0 amide bonds. The molecule has 0 bridgehead atoms. The van der Waals surface area contributed by atoms with Crippen LogP contribution in [0.1, 0.15) is 49.6 Å². The monoisotopic (exact) mass is 269 g/mol. The van der Waals surface area contributed by atoms with E-state index in [1.807, 2.05) is 0 Å². The van der Waals surface area contributed by atoms with Gasteiger partial charge >= 0.3 is 0 Å². The Morgan fingerprint density at radius 3 is 2.75 bits per heavy atom. The molecule has 3 heteroatoms. The van der Waals surface area contributed by atoms with Crippen LogP contribution in [0.5, 0.6) is 0 Å². The first-order valence-electron chi connectivity index (χ1n) is 7.73. The summed E-state index contributed by atoms with van der Waals surface area (Å²) in [7, 11) is 0. The predicted molar refractivity (Wildman–Crippen MR) is 83.3 cm³/mol. The number of rotatable bonds is 4. The van der Waals surface area contributed by atoms with Gasteiger partial charge in [-0.05, 0) is 30.4 Å². The van der Waals surface area contributed by atoms with Crippen molar-refractivity contribution in [1.82, 2.24) is 9.78 Å². The van der Waals surface area contributed by atoms with E-state index in [1.54, 1.807) is 0 Å². The van der Waals surface area contributed by atoms with Crippen molar-refractivity contribution in [3.8, 4) is 0 Å². The molecule has 0 fully saturated rings. The lowest BCUT2D eigenvalue weighted by molar-refractivity contribution is 0.477. The first-order valence-corrected chi connectivity index (χ1v) is 7.73. The van der Waals surface area contributed by atoms with Crippen LogP contribution in [0.4, 0.5) is 5.82 Å². The lowest BCUT2D eigenvalue weighted by Crippen LogP contribution is -2.24. The smallest absolute Gasteiger partial charge is 0.125 e. The fraction of sp³-hybridized carbons (Fsp3) is 0.471. The maximum Gasteiger partial charge on any atom is 0.125 e. The van der Waals surface area contributed by atoms with Gasteiger partial charge in [-0.1, -0.05) is 44.5 Å². The maximum absolute atomic E-state index is 4.80. The number of aromatic nitrogens is 2. The number of fused-ring (bicyclic) bond motifs is 1. The zero-order chi connectivity index (χ0) is 13.9. The number of nitrogens with one attached hydrogen (secondary N) is 1. The number of anilines is 1. The van der Waals surface area contributed by atoms with Crippen LogP contribution in [-0.4, -0.2) is 16.3 Å². The van der Waals surface area contributed by atoms with Crippen LogP contribution >= 0.6 is 0 Å². The molecule has 1 N–H and O–H groups in total. The SMILES string of the molecule is CCCc1cc2n(n1)C(c1ccc(CC)cc1)CCN2. The van der Waals surface area contributed by atoms with E-state index in [0.717, 1.165) is 32.2 Å². The van der Waals surface area contributed by atoms with Crippen LogP contribution in [0.25, 0.3) is 0 Å². The molecule has 1 atom stereocenters. The topological polar surface area (TPSA) is 29.9 Å². The van der Waals surface area contributed by atoms with Crippen LogP contribution < -0.4 is 5.32 Å². The van der Waals surface area contributed by atoms with E-state index in [9.17, 15) is 0 Å². The van der Waals surface area contributed by atoms with Crippen molar-refractivity contribution in [3.63, 3.8) is 0 Å². The zero-order valence-corrected chi connectivity index (χ0v) is 12.4. The Kier molecular flexibility index (Phi) is 3.77. The first kappa shape index (κ1) is 13.2. The quantitative estimate of drug-likeness (QED) is 0.915. The molecule has 1 aliphatic rings. The molecule has 0 spiro atoms. The van der Waals surface area contributed by atoms with Crippen molar-refractivity contribution in [2.45, 2.75) is 45.6 Å². The third kappa shape index (κ3) is 2.45. The second-order valence-corrected chi connectivity index (χ2v) is 5.54. The van der Waals surface area contributed by atoms with Gasteiger partial charge in [-0.25, -0.2) is 4.68 Å². The average molecular weight is 269 g/mol. The maximum atomic E-state index is 4.80. The Balaban J connectivity index is 1.91. The molecule has 0 radical (unpaired) electrons. The van der Waals surface area contributed by atoms with Crippen molar-refractivity contribution in [3.05, 3.63) is 47.2 Å². The summed E-state index contributed by atoms with van der Waals surface area (Å²) < 4.78 is 2.18. The first-order chi connectivity index (χ1) is 9.81. The van der Waals surface area contributed by atoms with Crippen LogP contribution in [0, 0.1) is 0 Å². The van der Waals surface area contributed by atoms with Crippen molar-refractivity contribution < 1.29 is 0 Å². The van der Waals surface area contributed by atoms with E-state index < -0.39 is 0 Å². The summed E-state index contributed by atoms with van der Waals surface area (Å²) in [5.41, 5.74) is 3.97. The minimum atomic E-state index is 0.378. The fourth-order valence-electron chi connectivity index (χ4n) is 2.94. The second kappa shape index (κ2) is 5.70. The molecule has 2 heterocycles. The Bertz CT molecular complexity index is 568. The van der Waals surface area contributed by atoms with Gasteiger partial charge in [0.05, 0.1) is 11.7 Å². The lowest BCUT2D eigenvalue weighted by atomic mass is 10.0. The highest BCUT2D eigenvalue weighted by Gasteiger charge is 2.22. The Morgan fingerprint density at radius 2 is 2.05 bits per heavy atom. The third-order valence-corrected chi connectivity index (χ3v) is 4.08. The average Bonchev–Trinajstić information content (AvgIpc) is 2.90. The van der Waals surface area contributed by atoms with Gasteiger partial charge in [-0.15, -0.1) is 0 Å². The van der Waals surface area contributed by atoms with Crippen LogP contribution in [0.2, 0.25) is 0 Å². The third-order valence-electron chi connectivity index (χ3n) is 4.08. The van der Waals surface area contributed by atoms with Gasteiger partial charge in [-0.3, -0.25) is 0 Å². The van der Waals surface area contributed by atoms with Gasteiger partial charge in [-0.2, -0.15) is 5.10 Å². The summed E-state index contributed by atoms with van der Waals surface area (Å²) in [6.07, 6.45) is 4.40. The molecule has 0 saturated carbocycles. The van der Waals surface area contributed by atoms with E-state index in [-0.39, 0.29) is 0 Å².